The van der Waals surface area contributed by atoms with Crippen molar-refractivity contribution >= 4 is 17.8 Å². The van der Waals surface area contributed by atoms with E-state index in [-0.39, 0.29) is 18.2 Å². The molecule has 0 spiro atoms. The lowest BCUT2D eigenvalue weighted by Gasteiger charge is -2.19. The van der Waals surface area contributed by atoms with Crippen LogP contribution in [-0.2, 0) is 22.6 Å². The van der Waals surface area contributed by atoms with Crippen LogP contribution in [0.2, 0.25) is 0 Å². The molecular weight excluding hydrogens is 356 g/mol. The Balaban J connectivity index is 2.01. The highest BCUT2D eigenvalue weighted by molar-refractivity contribution is 5.96. The van der Waals surface area contributed by atoms with Crippen LogP contribution in [-0.4, -0.2) is 40.9 Å². The first-order chi connectivity index (χ1) is 13.3. The fourth-order valence-corrected chi connectivity index (χ4v) is 2.85. The van der Waals surface area contributed by atoms with Gasteiger partial charge in [0, 0.05) is 31.5 Å². The summed E-state index contributed by atoms with van der Waals surface area (Å²) in [5.41, 5.74) is 2.11. The molecule has 1 atom stereocenters. The zero-order valence-electron chi connectivity index (χ0n) is 16.4. The Labute approximate surface area is 165 Å². The number of rotatable bonds is 8. The average molecular weight is 382 g/mol. The van der Waals surface area contributed by atoms with Crippen LogP contribution in [0.1, 0.15) is 35.3 Å². The first-order valence-corrected chi connectivity index (χ1v) is 9.19. The van der Waals surface area contributed by atoms with Gasteiger partial charge in [-0.3, -0.25) is 9.59 Å². The molecule has 148 valence electrons. The maximum Gasteiger partial charge on any atom is 0.326 e. The summed E-state index contributed by atoms with van der Waals surface area (Å²) in [5.74, 6) is -1.55. The van der Waals surface area contributed by atoms with Gasteiger partial charge in [0.2, 0.25) is 5.91 Å². The summed E-state index contributed by atoms with van der Waals surface area (Å²) < 4.78 is 0. The van der Waals surface area contributed by atoms with E-state index in [0.29, 0.717) is 12.1 Å². The molecule has 0 saturated carbocycles. The third-order valence-corrected chi connectivity index (χ3v) is 4.39. The maximum absolute atomic E-state index is 12.4. The number of amides is 2. The van der Waals surface area contributed by atoms with Crippen molar-refractivity contribution in [2.45, 2.75) is 32.9 Å². The van der Waals surface area contributed by atoms with E-state index in [0.717, 1.165) is 11.1 Å². The van der Waals surface area contributed by atoms with Gasteiger partial charge in [-0.25, -0.2) is 4.79 Å². The molecular formula is C22H26N2O4. The van der Waals surface area contributed by atoms with Crippen molar-refractivity contribution in [3.8, 4) is 0 Å². The number of carbonyl (C=O) groups excluding carboxylic acids is 2. The van der Waals surface area contributed by atoms with Crippen molar-refractivity contribution in [3.63, 3.8) is 0 Å². The van der Waals surface area contributed by atoms with Gasteiger partial charge in [-0.15, -0.1) is 0 Å². The molecule has 0 aliphatic carbocycles. The lowest BCUT2D eigenvalue weighted by Crippen LogP contribution is -2.42. The van der Waals surface area contributed by atoms with Gasteiger partial charge in [0.15, 0.2) is 0 Å². The van der Waals surface area contributed by atoms with Crippen molar-refractivity contribution in [2.24, 2.45) is 5.92 Å². The Hall–Kier alpha value is -3.15. The SMILES string of the molecule is CC(C)C(=O)N(C)Cc1ccc(C(=O)NC(Cc2ccccc2)C(=O)O)cc1. The molecule has 6 nitrogen and oxygen atoms in total. The Morgan fingerprint density at radius 2 is 1.57 bits per heavy atom. The highest BCUT2D eigenvalue weighted by Gasteiger charge is 2.21. The summed E-state index contributed by atoms with van der Waals surface area (Å²) in [6.07, 6.45) is 0.210. The molecule has 1 unspecified atom stereocenters. The summed E-state index contributed by atoms with van der Waals surface area (Å²) >= 11 is 0. The normalized spacial score (nSPS) is 11.7. The van der Waals surface area contributed by atoms with Crippen LogP contribution in [0.5, 0.6) is 0 Å². The topological polar surface area (TPSA) is 86.7 Å². The zero-order chi connectivity index (χ0) is 20.7. The first-order valence-electron chi connectivity index (χ1n) is 9.19. The molecule has 28 heavy (non-hydrogen) atoms. The molecule has 2 N–H and O–H groups in total. The molecule has 0 aliphatic rings. The fourth-order valence-electron chi connectivity index (χ4n) is 2.85. The van der Waals surface area contributed by atoms with E-state index in [9.17, 15) is 19.5 Å². The van der Waals surface area contributed by atoms with Gasteiger partial charge < -0.3 is 15.3 Å². The molecule has 2 amide bonds. The minimum absolute atomic E-state index is 0.0482. The van der Waals surface area contributed by atoms with E-state index in [1.807, 2.05) is 44.2 Å². The molecule has 6 heteroatoms. The number of hydrogen-bond acceptors (Lipinski definition) is 3. The summed E-state index contributed by atoms with van der Waals surface area (Å²) in [5, 5.41) is 12.0. The zero-order valence-corrected chi connectivity index (χ0v) is 16.4. The van der Waals surface area contributed by atoms with Gasteiger partial charge in [0.05, 0.1) is 0 Å². The standard InChI is InChI=1S/C22H26N2O4/c1-15(2)21(26)24(3)14-17-9-11-18(12-10-17)20(25)23-19(22(27)28)13-16-7-5-4-6-8-16/h4-12,15,19H,13-14H2,1-3H3,(H,23,25)(H,27,28). The predicted octanol–water partition coefficient (Wildman–Crippen LogP) is 2.73. The predicted molar refractivity (Wildman–Crippen MR) is 107 cm³/mol. The van der Waals surface area contributed by atoms with Gasteiger partial charge in [-0.1, -0.05) is 56.3 Å². The molecule has 0 radical (unpaired) electrons. The van der Waals surface area contributed by atoms with Crippen molar-refractivity contribution < 1.29 is 19.5 Å². The first kappa shape index (κ1) is 21.2. The second kappa shape index (κ2) is 9.69. The second-order valence-electron chi connectivity index (χ2n) is 7.10. The molecule has 0 heterocycles. The van der Waals surface area contributed by atoms with E-state index in [2.05, 4.69) is 5.32 Å². The number of nitrogens with zero attached hydrogens (tertiary/aromatic N) is 1. The van der Waals surface area contributed by atoms with Crippen LogP contribution in [0.25, 0.3) is 0 Å². The lowest BCUT2D eigenvalue weighted by atomic mass is 10.0. The largest absolute Gasteiger partial charge is 0.480 e. The van der Waals surface area contributed by atoms with Gasteiger partial charge in [-0.05, 0) is 23.3 Å². The van der Waals surface area contributed by atoms with Crippen LogP contribution in [0, 0.1) is 5.92 Å². The molecule has 2 aromatic rings. The third-order valence-electron chi connectivity index (χ3n) is 4.39. The number of hydrogen-bond donors (Lipinski definition) is 2. The molecule has 0 fully saturated rings. The van der Waals surface area contributed by atoms with Crippen molar-refractivity contribution in [1.29, 1.82) is 0 Å². The third kappa shape index (κ3) is 5.94. The highest BCUT2D eigenvalue weighted by atomic mass is 16.4. The molecule has 0 saturated heterocycles. The minimum atomic E-state index is -1.08. The van der Waals surface area contributed by atoms with Crippen LogP contribution >= 0.6 is 0 Å². The summed E-state index contributed by atoms with van der Waals surface area (Å²) in [6, 6.07) is 15.0. The smallest absolute Gasteiger partial charge is 0.326 e. The second-order valence-corrected chi connectivity index (χ2v) is 7.10. The Kier molecular flexibility index (Phi) is 7.32. The Bertz CT molecular complexity index is 816. The quantitative estimate of drug-likeness (QED) is 0.735. The Morgan fingerprint density at radius 1 is 0.964 bits per heavy atom. The number of carbonyl (C=O) groups is 3. The molecule has 0 bridgehead atoms. The number of carboxylic acids is 1. The van der Waals surface area contributed by atoms with Crippen LogP contribution in [0.3, 0.4) is 0 Å². The average Bonchev–Trinajstić information content (AvgIpc) is 2.67. The van der Waals surface area contributed by atoms with Crippen LogP contribution in [0.4, 0.5) is 0 Å². The fraction of sp³-hybridized carbons (Fsp3) is 0.318. The highest BCUT2D eigenvalue weighted by Crippen LogP contribution is 2.10. The van der Waals surface area contributed by atoms with Gasteiger partial charge in [0.25, 0.3) is 5.91 Å². The van der Waals surface area contributed by atoms with Crippen molar-refractivity contribution in [2.75, 3.05) is 7.05 Å². The number of benzene rings is 2. The van der Waals surface area contributed by atoms with E-state index in [1.165, 1.54) is 0 Å². The summed E-state index contributed by atoms with van der Waals surface area (Å²) in [4.78, 5) is 37.6. The number of carboxylic acid groups (broad SMARTS) is 1. The van der Waals surface area contributed by atoms with E-state index < -0.39 is 17.9 Å². The van der Waals surface area contributed by atoms with Crippen molar-refractivity contribution in [1.82, 2.24) is 10.2 Å². The number of nitrogens with one attached hydrogen (secondary N) is 1. The monoisotopic (exact) mass is 382 g/mol. The van der Waals surface area contributed by atoms with E-state index in [1.54, 1.807) is 36.2 Å². The number of aliphatic carboxylic acids is 1. The van der Waals surface area contributed by atoms with E-state index >= 15 is 0 Å². The summed E-state index contributed by atoms with van der Waals surface area (Å²) in [7, 11) is 1.74. The minimum Gasteiger partial charge on any atom is -0.480 e. The van der Waals surface area contributed by atoms with Gasteiger partial charge in [-0.2, -0.15) is 0 Å². The maximum atomic E-state index is 12.4. The van der Waals surface area contributed by atoms with Crippen molar-refractivity contribution in [3.05, 3.63) is 71.3 Å². The molecule has 2 rings (SSSR count). The van der Waals surface area contributed by atoms with Gasteiger partial charge in [0.1, 0.15) is 6.04 Å². The Morgan fingerprint density at radius 3 is 2.11 bits per heavy atom. The summed E-state index contributed by atoms with van der Waals surface area (Å²) in [6.45, 7) is 4.14. The van der Waals surface area contributed by atoms with E-state index in [4.69, 9.17) is 0 Å². The van der Waals surface area contributed by atoms with Crippen LogP contribution in [0.15, 0.2) is 54.6 Å². The molecule has 0 aromatic heterocycles. The van der Waals surface area contributed by atoms with Crippen LogP contribution < -0.4 is 5.32 Å². The molecule has 2 aromatic carbocycles. The van der Waals surface area contributed by atoms with Gasteiger partial charge >= 0.3 is 5.97 Å². The molecule has 0 aliphatic heterocycles. The lowest BCUT2D eigenvalue weighted by molar-refractivity contribution is -0.139.